The Morgan fingerprint density at radius 3 is 2.89 bits per heavy atom. The molecule has 1 aliphatic carbocycles. The molecule has 1 atom stereocenters. The topological polar surface area (TPSA) is 63.4 Å². The summed E-state index contributed by atoms with van der Waals surface area (Å²) in [6, 6.07) is 11.4. The van der Waals surface area contributed by atoms with E-state index in [4.69, 9.17) is 9.47 Å². The van der Waals surface area contributed by atoms with Crippen LogP contribution in [0.1, 0.15) is 35.0 Å². The number of anilines is 1. The number of hydrogen-bond donors (Lipinski definition) is 2. The monoisotopic (exact) mass is 362 g/mol. The van der Waals surface area contributed by atoms with Gasteiger partial charge in [0.1, 0.15) is 13.2 Å². The first-order valence-electron chi connectivity index (χ1n) is 9.52. The number of aryl methyl sites for hydroxylation is 1. The number of amides is 1. The number of nitrogens with one attached hydrogen (secondary N) is 2. The Balaban J connectivity index is 1.48. The molecule has 0 saturated carbocycles. The molecule has 2 heterocycles. The number of carbonyl (C=O) groups excluding carboxylic acids is 1. The zero-order valence-corrected chi connectivity index (χ0v) is 15.3. The molecule has 3 aromatic rings. The highest BCUT2D eigenvalue weighted by Gasteiger charge is 2.22. The molecule has 0 spiro atoms. The van der Waals surface area contributed by atoms with E-state index in [1.165, 1.54) is 23.1 Å². The van der Waals surface area contributed by atoms with Gasteiger partial charge in [0.15, 0.2) is 11.5 Å². The molecule has 138 valence electrons. The van der Waals surface area contributed by atoms with Crippen molar-refractivity contribution in [3.63, 3.8) is 0 Å². The van der Waals surface area contributed by atoms with Crippen molar-refractivity contribution < 1.29 is 14.3 Å². The molecule has 5 rings (SSSR count). The Kier molecular flexibility index (Phi) is 3.81. The first kappa shape index (κ1) is 16.2. The average molecular weight is 362 g/mol. The van der Waals surface area contributed by atoms with E-state index < -0.39 is 0 Å². The highest BCUT2D eigenvalue weighted by atomic mass is 16.6. The van der Waals surface area contributed by atoms with Crippen LogP contribution in [0, 0.1) is 5.92 Å². The van der Waals surface area contributed by atoms with Crippen molar-refractivity contribution in [1.29, 1.82) is 0 Å². The van der Waals surface area contributed by atoms with Crippen LogP contribution in [0.4, 0.5) is 5.69 Å². The van der Waals surface area contributed by atoms with Crippen LogP contribution in [0.25, 0.3) is 10.9 Å². The van der Waals surface area contributed by atoms with Gasteiger partial charge in [-0.05, 0) is 48.9 Å². The Morgan fingerprint density at radius 1 is 1.15 bits per heavy atom. The number of rotatable bonds is 2. The number of aromatic amines is 1. The van der Waals surface area contributed by atoms with Crippen molar-refractivity contribution in [3.05, 3.63) is 53.2 Å². The van der Waals surface area contributed by atoms with E-state index in [2.05, 4.69) is 23.3 Å². The lowest BCUT2D eigenvalue weighted by molar-refractivity contribution is 0.102. The van der Waals surface area contributed by atoms with Gasteiger partial charge in [-0.1, -0.05) is 19.1 Å². The molecule has 0 saturated heterocycles. The molecule has 27 heavy (non-hydrogen) atoms. The van der Waals surface area contributed by atoms with E-state index in [1.807, 2.05) is 30.3 Å². The van der Waals surface area contributed by atoms with Crippen molar-refractivity contribution in [1.82, 2.24) is 4.98 Å². The number of para-hydroxylation sites is 1. The molecular weight excluding hydrogens is 340 g/mol. The van der Waals surface area contributed by atoms with E-state index in [0.717, 1.165) is 18.4 Å². The molecule has 2 aliphatic rings. The van der Waals surface area contributed by atoms with E-state index >= 15 is 0 Å². The van der Waals surface area contributed by atoms with Gasteiger partial charge < -0.3 is 19.8 Å². The van der Waals surface area contributed by atoms with Crippen molar-refractivity contribution in [2.24, 2.45) is 5.92 Å². The van der Waals surface area contributed by atoms with Gasteiger partial charge in [-0.2, -0.15) is 0 Å². The van der Waals surface area contributed by atoms with Gasteiger partial charge in [-0.3, -0.25) is 4.79 Å². The quantitative estimate of drug-likeness (QED) is 0.714. The van der Waals surface area contributed by atoms with E-state index in [9.17, 15) is 4.79 Å². The van der Waals surface area contributed by atoms with Gasteiger partial charge in [0.2, 0.25) is 0 Å². The van der Waals surface area contributed by atoms with Crippen molar-refractivity contribution >= 4 is 22.5 Å². The lowest BCUT2D eigenvalue weighted by Crippen LogP contribution is -2.16. The maximum atomic E-state index is 13.0. The second kappa shape index (κ2) is 6.34. The molecule has 1 unspecified atom stereocenters. The van der Waals surface area contributed by atoms with Crippen LogP contribution in [-0.2, 0) is 12.8 Å². The second-order valence-corrected chi connectivity index (χ2v) is 7.47. The van der Waals surface area contributed by atoms with Crippen LogP contribution >= 0.6 is 0 Å². The normalized spacial score (nSPS) is 18.2. The summed E-state index contributed by atoms with van der Waals surface area (Å²) in [6.07, 6.45) is 3.31. The van der Waals surface area contributed by atoms with Crippen LogP contribution in [0.2, 0.25) is 0 Å². The fourth-order valence-corrected chi connectivity index (χ4v) is 4.12. The standard InChI is InChI=1S/C22H22N2O3/c1-13-5-7-18-17(11-13)15-3-2-4-16(21(15)24-18)22(25)23-14-6-8-19-20(12-14)27-10-9-26-19/h2-4,6,8,12-13,24H,5,7,9-11H2,1H3,(H,23,25). The number of aromatic nitrogens is 1. The number of fused-ring (bicyclic) bond motifs is 4. The minimum absolute atomic E-state index is 0.121. The Morgan fingerprint density at radius 2 is 2.00 bits per heavy atom. The van der Waals surface area contributed by atoms with E-state index in [1.54, 1.807) is 0 Å². The Hall–Kier alpha value is -2.95. The van der Waals surface area contributed by atoms with Gasteiger partial charge >= 0.3 is 0 Å². The third-order valence-corrected chi connectivity index (χ3v) is 5.51. The summed E-state index contributed by atoms with van der Waals surface area (Å²) < 4.78 is 11.1. The summed E-state index contributed by atoms with van der Waals surface area (Å²) in [4.78, 5) is 16.5. The zero-order valence-electron chi connectivity index (χ0n) is 15.3. The molecule has 2 N–H and O–H groups in total. The highest BCUT2D eigenvalue weighted by Crippen LogP contribution is 2.34. The third kappa shape index (κ3) is 2.83. The molecule has 2 aromatic carbocycles. The zero-order chi connectivity index (χ0) is 18.4. The minimum atomic E-state index is -0.121. The molecule has 1 aromatic heterocycles. The van der Waals surface area contributed by atoms with Gasteiger partial charge in [0, 0.05) is 22.8 Å². The molecule has 0 radical (unpaired) electrons. The van der Waals surface area contributed by atoms with Crippen LogP contribution < -0.4 is 14.8 Å². The van der Waals surface area contributed by atoms with Crippen molar-refractivity contribution in [3.8, 4) is 11.5 Å². The smallest absolute Gasteiger partial charge is 0.257 e. The van der Waals surface area contributed by atoms with E-state index in [-0.39, 0.29) is 5.91 Å². The fraction of sp³-hybridized carbons (Fsp3) is 0.318. The maximum absolute atomic E-state index is 13.0. The molecule has 0 bridgehead atoms. The number of hydrogen-bond acceptors (Lipinski definition) is 3. The fourth-order valence-electron chi connectivity index (χ4n) is 4.12. The van der Waals surface area contributed by atoms with Crippen LogP contribution in [0.5, 0.6) is 11.5 Å². The first-order chi connectivity index (χ1) is 13.2. The van der Waals surface area contributed by atoms with Gasteiger partial charge in [0.25, 0.3) is 5.91 Å². The lowest BCUT2D eigenvalue weighted by Gasteiger charge is -2.19. The summed E-state index contributed by atoms with van der Waals surface area (Å²) in [5, 5.41) is 4.17. The molecule has 1 amide bonds. The summed E-state index contributed by atoms with van der Waals surface area (Å²) >= 11 is 0. The predicted molar refractivity (Wildman–Crippen MR) is 105 cm³/mol. The molecule has 1 aliphatic heterocycles. The van der Waals surface area contributed by atoms with E-state index in [0.29, 0.717) is 41.9 Å². The second-order valence-electron chi connectivity index (χ2n) is 7.47. The van der Waals surface area contributed by atoms with Crippen LogP contribution in [-0.4, -0.2) is 24.1 Å². The Labute approximate surface area is 157 Å². The molecule has 5 heteroatoms. The van der Waals surface area contributed by atoms with Gasteiger partial charge in [0.05, 0.1) is 11.1 Å². The summed E-state index contributed by atoms with van der Waals surface area (Å²) in [5.74, 6) is 1.95. The largest absolute Gasteiger partial charge is 0.486 e. The minimum Gasteiger partial charge on any atom is -0.486 e. The van der Waals surface area contributed by atoms with Gasteiger partial charge in [-0.15, -0.1) is 0 Å². The Bertz CT molecular complexity index is 1040. The highest BCUT2D eigenvalue weighted by molar-refractivity contribution is 6.12. The first-order valence-corrected chi connectivity index (χ1v) is 9.52. The molecular formula is C22H22N2O3. The number of H-pyrrole nitrogens is 1. The number of benzene rings is 2. The van der Waals surface area contributed by atoms with Crippen molar-refractivity contribution in [2.45, 2.75) is 26.2 Å². The predicted octanol–water partition coefficient (Wildman–Crippen LogP) is 4.32. The molecule has 0 fully saturated rings. The van der Waals surface area contributed by atoms with Crippen LogP contribution in [0.15, 0.2) is 36.4 Å². The summed E-state index contributed by atoms with van der Waals surface area (Å²) in [7, 11) is 0. The van der Waals surface area contributed by atoms with Gasteiger partial charge in [-0.25, -0.2) is 0 Å². The van der Waals surface area contributed by atoms with Crippen molar-refractivity contribution in [2.75, 3.05) is 18.5 Å². The number of carbonyl (C=O) groups is 1. The average Bonchev–Trinajstić information content (AvgIpc) is 3.05. The third-order valence-electron chi connectivity index (χ3n) is 5.51. The lowest BCUT2D eigenvalue weighted by atomic mass is 9.87. The molecule has 5 nitrogen and oxygen atoms in total. The number of ether oxygens (including phenoxy) is 2. The maximum Gasteiger partial charge on any atom is 0.257 e. The van der Waals surface area contributed by atoms with Crippen LogP contribution in [0.3, 0.4) is 0 Å². The summed E-state index contributed by atoms with van der Waals surface area (Å²) in [6.45, 7) is 3.37. The summed E-state index contributed by atoms with van der Waals surface area (Å²) in [5.41, 5.74) is 4.96. The SMILES string of the molecule is CC1CCc2[nH]c3c(C(=O)Nc4ccc5c(c4)OCCO5)cccc3c2C1.